The second kappa shape index (κ2) is 11.9. The zero-order valence-corrected chi connectivity index (χ0v) is 25.2. The second-order valence-corrected chi connectivity index (χ2v) is 11.9. The minimum absolute atomic E-state index is 0.117. The molecular formula is C33H35F2N7O2. The van der Waals surface area contributed by atoms with Crippen LogP contribution in [0.25, 0.3) is 33.1 Å². The molecule has 0 spiro atoms. The van der Waals surface area contributed by atoms with Crippen molar-refractivity contribution in [2.45, 2.75) is 64.1 Å². The average molecular weight is 600 g/mol. The number of aromatic nitrogens is 4. The van der Waals surface area contributed by atoms with E-state index < -0.39 is 5.82 Å². The van der Waals surface area contributed by atoms with E-state index in [-0.39, 0.29) is 47.7 Å². The molecule has 4 aromatic rings. The second-order valence-electron chi connectivity index (χ2n) is 11.9. The number of aryl methyl sites for hydroxylation is 2. The van der Waals surface area contributed by atoms with Gasteiger partial charge < -0.3 is 14.5 Å². The van der Waals surface area contributed by atoms with E-state index in [4.69, 9.17) is 9.72 Å². The summed E-state index contributed by atoms with van der Waals surface area (Å²) < 4.78 is 38.8. The van der Waals surface area contributed by atoms with Gasteiger partial charge in [0.2, 0.25) is 11.8 Å². The number of likely N-dealkylation sites (tertiary alicyclic amines) is 2. The molecule has 0 unspecified atom stereocenters. The predicted molar refractivity (Wildman–Crippen MR) is 163 cm³/mol. The lowest BCUT2D eigenvalue weighted by Gasteiger charge is -2.38. The first-order valence-electron chi connectivity index (χ1n) is 15.0. The summed E-state index contributed by atoms with van der Waals surface area (Å²) in [6, 6.07) is 8.31. The summed E-state index contributed by atoms with van der Waals surface area (Å²) in [7, 11) is 2.06. The number of hydrogen-bond donors (Lipinski definition) is 0. The summed E-state index contributed by atoms with van der Waals surface area (Å²) in [6.07, 6.45) is 4.55. The molecule has 0 bridgehead atoms. The van der Waals surface area contributed by atoms with Crippen molar-refractivity contribution in [3.05, 3.63) is 59.7 Å². The Morgan fingerprint density at radius 3 is 2.68 bits per heavy atom. The Hall–Kier alpha value is -4.43. The van der Waals surface area contributed by atoms with Gasteiger partial charge in [-0.1, -0.05) is 17.9 Å². The van der Waals surface area contributed by atoms with Crippen molar-refractivity contribution in [3.8, 4) is 23.1 Å². The van der Waals surface area contributed by atoms with E-state index in [1.54, 1.807) is 28.6 Å². The number of amides is 1. The average Bonchev–Trinajstić information content (AvgIpc) is 3.64. The zero-order valence-electron chi connectivity index (χ0n) is 25.2. The molecule has 4 heterocycles. The fraction of sp³-hybridized carbons (Fsp3) is 0.424. The van der Waals surface area contributed by atoms with Crippen LogP contribution in [-0.4, -0.2) is 74.5 Å². The highest BCUT2D eigenvalue weighted by molar-refractivity contribution is 6.06. The molecule has 6 rings (SSSR count). The summed E-state index contributed by atoms with van der Waals surface area (Å²) >= 11 is 0. The van der Waals surface area contributed by atoms with Crippen molar-refractivity contribution < 1.29 is 18.3 Å². The van der Waals surface area contributed by atoms with Gasteiger partial charge in [-0.05, 0) is 94.1 Å². The van der Waals surface area contributed by atoms with Crippen LogP contribution in [0.5, 0.6) is 5.88 Å². The van der Waals surface area contributed by atoms with E-state index in [2.05, 4.69) is 34.9 Å². The van der Waals surface area contributed by atoms with E-state index in [9.17, 15) is 14.4 Å². The zero-order chi connectivity index (χ0) is 31.1. The molecule has 2 aliphatic heterocycles. The molecule has 0 radical (unpaired) electrons. The highest BCUT2D eigenvalue weighted by atomic mass is 19.1. The normalized spacial score (nSPS) is 20.7. The van der Waals surface area contributed by atoms with E-state index in [1.165, 1.54) is 12.1 Å². The quantitative estimate of drug-likeness (QED) is 0.253. The first-order valence-corrected chi connectivity index (χ1v) is 15.0. The maximum atomic E-state index is 16.6. The lowest BCUT2D eigenvalue weighted by Crippen LogP contribution is -2.45. The van der Waals surface area contributed by atoms with Crippen molar-refractivity contribution in [2.75, 3.05) is 26.7 Å². The van der Waals surface area contributed by atoms with Crippen LogP contribution >= 0.6 is 0 Å². The molecule has 2 aliphatic rings. The maximum absolute atomic E-state index is 16.6. The Morgan fingerprint density at radius 1 is 1.16 bits per heavy atom. The number of likely N-dealkylation sites (N-methyl/N-ethyl adjacent to an activating group) is 1. The van der Waals surface area contributed by atoms with Crippen molar-refractivity contribution in [2.24, 2.45) is 0 Å². The number of ether oxygens (including phenoxy) is 1. The standard InChI is InChI=1S/C33H35F2N7O2/c1-5-27(43)41-14-11-23(17-22(41)10-12-36)42-32-25-16-20(3)28(21-8-9-26(34)19(2)15-21)29(35)30(25)37-33(31(32)38-39-42)44-18-24-7-6-13-40(24)4/h5,8-9,15-16,22-24H,1,6-7,10-11,13-14,17-18H2,2-4H3/t22-,23+,24+/m1/s1. The third-order valence-electron chi connectivity index (χ3n) is 9.15. The molecule has 2 saturated heterocycles. The Balaban J connectivity index is 1.51. The minimum Gasteiger partial charge on any atom is -0.474 e. The molecule has 11 heteroatoms. The van der Waals surface area contributed by atoms with Gasteiger partial charge in [0.05, 0.1) is 18.5 Å². The van der Waals surface area contributed by atoms with E-state index in [1.807, 2.05) is 13.0 Å². The summed E-state index contributed by atoms with van der Waals surface area (Å²) in [5, 5.41) is 19.1. The number of piperidine rings is 1. The highest BCUT2D eigenvalue weighted by Crippen LogP contribution is 2.40. The molecule has 2 aromatic heterocycles. The molecular weight excluding hydrogens is 564 g/mol. The Labute approximate surface area is 254 Å². The van der Waals surface area contributed by atoms with Crippen LogP contribution in [0.3, 0.4) is 0 Å². The molecule has 9 nitrogen and oxygen atoms in total. The van der Waals surface area contributed by atoms with Crippen molar-refractivity contribution in [1.29, 1.82) is 5.26 Å². The number of carbonyl (C=O) groups excluding carboxylic acids is 1. The predicted octanol–water partition coefficient (Wildman–Crippen LogP) is 5.65. The largest absolute Gasteiger partial charge is 0.474 e. The summed E-state index contributed by atoms with van der Waals surface area (Å²) in [6.45, 7) is 8.86. The van der Waals surface area contributed by atoms with Crippen LogP contribution < -0.4 is 4.74 Å². The Kier molecular flexibility index (Phi) is 8.03. The Morgan fingerprint density at radius 2 is 1.98 bits per heavy atom. The highest BCUT2D eigenvalue weighted by Gasteiger charge is 2.34. The molecule has 0 saturated carbocycles. The van der Waals surface area contributed by atoms with Crippen LogP contribution in [0, 0.1) is 36.8 Å². The fourth-order valence-corrected chi connectivity index (χ4v) is 6.73. The molecule has 0 N–H and O–H groups in total. The summed E-state index contributed by atoms with van der Waals surface area (Å²) in [5.74, 6) is -0.894. The Bertz CT molecular complexity index is 1810. The van der Waals surface area contributed by atoms with Gasteiger partial charge in [-0.15, -0.1) is 5.10 Å². The van der Waals surface area contributed by atoms with E-state index in [0.29, 0.717) is 64.7 Å². The van der Waals surface area contributed by atoms with Crippen LogP contribution in [0.2, 0.25) is 0 Å². The molecule has 44 heavy (non-hydrogen) atoms. The number of carbonyl (C=O) groups is 1. The maximum Gasteiger partial charge on any atom is 0.246 e. The smallest absolute Gasteiger partial charge is 0.246 e. The van der Waals surface area contributed by atoms with Gasteiger partial charge in [0.25, 0.3) is 0 Å². The number of benzene rings is 2. The van der Waals surface area contributed by atoms with Crippen LogP contribution in [0.4, 0.5) is 8.78 Å². The molecule has 228 valence electrons. The van der Waals surface area contributed by atoms with E-state index >= 15 is 4.39 Å². The van der Waals surface area contributed by atoms with Gasteiger partial charge in [-0.3, -0.25) is 4.79 Å². The number of rotatable bonds is 7. The lowest BCUT2D eigenvalue weighted by atomic mass is 9.94. The molecule has 2 fully saturated rings. The number of hydrogen-bond acceptors (Lipinski definition) is 7. The first-order chi connectivity index (χ1) is 21.2. The number of halogens is 2. The summed E-state index contributed by atoms with van der Waals surface area (Å²) in [5.41, 5.74) is 3.13. The van der Waals surface area contributed by atoms with Crippen LogP contribution in [0.15, 0.2) is 36.9 Å². The van der Waals surface area contributed by atoms with Gasteiger partial charge in [0, 0.05) is 29.6 Å². The van der Waals surface area contributed by atoms with Crippen LogP contribution in [0.1, 0.15) is 49.3 Å². The summed E-state index contributed by atoms with van der Waals surface area (Å²) in [4.78, 5) is 21.1. The fourth-order valence-electron chi connectivity index (χ4n) is 6.73. The molecule has 3 atom stereocenters. The first kappa shape index (κ1) is 29.6. The van der Waals surface area contributed by atoms with Crippen molar-refractivity contribution in [1.82, 2.24) is 29.8 Å². The van der Waals surface area contributed by atoms with E-state index in [0.717, 1.165) is 19.4 Å². The number of nitrogens with zero attached hydrogens (tertiary/aromatic N) is 7. The van der Waals surface area contributed by atoms with Crippen LogP contribution in [-0.2, 0) is 4.79 Å². The number of pyridine rings is 1. The lowest BCUT2D eigenvalue weighted by molar-refractivity contribution is -0.130. The minimum atomic E-state index is -0.530. The van der Waals surface area contributed by atoms with Crippen molar-refractivity contribution in [3.63, 3.8) is 0 Å². The van der Waals surface area contributed by atoms with Gasteiger partial charge in [-0.25, -0.2) is 18.4 Å². The molecule has 1 amide bonds. The number of nitriles is 1. The molecule has 2 aromatic carbocycles. The van der Waals surface area contributed by atoms with Gasteiger partial charge >= 0.3 is 0 Å². The topological polar surface area (TPSA) is 100 Å². The monoisotopic (exact) mass is 599 g/mol. The van der Waals surface area contributed by atoms with Crippen molar-refractivity contribution >= 4 is 27.8 Å². The third-order valence-corrected chi connectivity index (χ3v) is 9.15. The number of fused-ring (bicyclic) bond motifs is 3. The van der Waals surface area contributed by atoms with Gasteiger partial charge in [0.15, 0.2) is 11.3 Å². The molecule has 0 aliphatic carbocycles. The van der Waals surface area contributed by atoms with Gasteiger partial charge in [0.1, 0.15) is 23.5 Å². The third kappa shape index (κ3) is 5.17. The SMILES string of the molecule is C=CC(=O)N1CC[C@H](n2nnc3c(OC[C@@H]4CCCN4C)nc4c(F)c(-c5ccc(F)c(C)c5)c(C)cc4c32)C[C@H]1CC#N. The van der Waals surface area contributed by atoms with Gasteiger partial charge in [-0.2, -0.15) is 5.26 Å².